The minimum atomic E-state index is 0.187. The molecule has 4 heteroatoms. The van der Waals surface area contributed by atoms with Crippen LogP contribution in [0.2, 0.25) is 0 Å². The Morgan fingerprint density at radius 1 is 1.37 bits per heavy atom. The summed E-state index contributed by atoms with van der Waals surface area (Å²) in [5.74, 6) is 0. The van der Waals surface area contributed by atoms with Gasteiger partial charge in [-0.25, -0.2) is 4.98 Å². The van der Waals surface area contributed by atoms with Crippen LogP contribution in [0.15, 0.2) is 37.1 Å². The van der Waals surface area contributed by atoms with Crippen LogP contribution >= 0.6 is 0 Å². The van der Waals surface area contributed by atoms with E-state index in [4.69, 9.17) is 0 Å². The molecule has 1 N–H and O–H groups in total. The van der Waals surface area contributed by atoms with E-state index in [0.717, 1.165) is 13.1 Å². The summed E-state index contributed by atoms with van der Waals surface area (Å²) in [6.07, 6.45) is 8.87. The number of rotatable bonds is 3. The number of nitrogens with zero attached hydrogens (tertiary/aromatic N) is 3. The lowest BCUT2D eigenvalue weighted by molar-refractivity contribution is 0.460. The van der Waals surface area contributed by atoms with Gasteiger partial charge in [0.2, 0.25) is 0 Å². The van der Waals surface area contributed by atoms with Crippen LogP contribution < -0.4 is 5.32 Å². The molecule has 0 aliphatic carbocycles. The molecule has 2 aromatic heterocycles. The van der Waals surface area contributed by atoms with Crippen molar-refractivity contribution in [3.05, 3.63) is 48.3 Å². The number of nitrogens with one attached hydrogen (secondary N) is 1. The topological polar surface area (TPSA) is 42.7 Å². The maximum absolute atomic E-state index is 4.37. The van der Waals surface area contributed by atoms with E-state index < -0.39 is 0 Å². The third-order valence-electron chi connectivity index (χ3n) is 4.24. The average Bonchev–Trinajstić information content (AvgIpc) is 3.08. The summed E-state index contributed by atoms with van der Waals surface area (Å²) >= 11 is 0. The Labute approximate surface area is 113 Å². The van der Waals surface area contributed by atoms with Crippen LogP contribution in [0.1, 0.15) is 37.6 Å². The predicted molar refractivity (Wildman–Crippen MR) is 75.1 cm³/mol. The Hall–Kier alpha value is -1.68. The molecule has 3 rings (SSSR count). The minimum Gasteiger partial charge on any atom is -0.327 e. The van der Waals surface area contributed by atoms with Gasteiger partial charge in [0, 0.05) is 36.2 Å². The highest BCUT2D eigenvalue weighted by Gasteiger charge is 2.34. The van der Waals surface area contributed by atoms with Crippen molar-refractivity contribution in [2.75, 3.05) is 13.1 Å². The van der Waals surface area contributed by atoms with Gasteiger partial charge in [0.25, 0.3) is 0 Å². The molecule has 100 valence electrons. The van der Waals surface area contributed by atoms with Gasteiger partial charge in [-0.05, 0) is 31.5 Å². The normalized spacial score (nSPS) is 24.5. The first-order valence-corrected chi connectivity index (χ1v) is 6.84. The van der Waals surface area contributed by atoms with Gasteiger partial charge in [-0.1, -0.05) is 13.0 Å². The number of hydrogen-bond acceptors (Lipinski definition) is 3. The average molecular weight is 256 g/mol. The van der Waals surface area contributed by atoms with E-state index in [9.17, 15) is 0 Å². The molecule has 1 aliphatic heterocycles. The number of pyridine rings is 1. The van der Waals surface area contributed by atoms with E-state index in [0.29, 0.717) is 0 Å². The van der Waals surface area contributed by atoms with Gasteiger partial charge in [0.15, 0.2) is 0 Å². The Balaban J connectivity index is 1.96. The van der Waals surface area contributed by atoms with E-state index >= 15 is 0 Å². The molecule has 1 saturated heterocycles. The third-order valence-corrected chi connectivity index (χ3v) is 4.24. The van der Waals surface area contributed by atoms with Crippen molar-refractivity contribution >= 4 is 0 Å². The first kappa shape index (κ1) is 12.4. The predicted octanol–water partition coefficient (Wildman–Crippen LogP) is 2.14. The van der Waals surface area contributed by atoms with Crippen molar-refractivity contribution in [1.82, 2.24) is 19.9 Å². The van der Waals surface area contributed by atoms with Crippen LogP contribution in [0.3, 0.4) is 0 Å². The van der Waals surface area contributed by atoms with Gasteiger partial charge in [-0.2, -0.15) is 0 Å². The molecular formula is C15H20N4. The number of imidazole rings is 1. The highest BCUT2D eigenvalue weighted by Crippen LogP contribution is 2.32. The van der Waals surface area contributed by atoms with Crippen LogP contribution in [0, 0.1) is 0 Å². The van der Waals surface area contributed by atoms with E-state index in [1.54, 1.807) is 0 Å². The first-order chi connectivity index (χ1) is 9.21. The maximum atomic E-state index is 4.37. The lowest BCUT2D eigenvalue weighted by atomic mass is 9.86. The maximum Gasteiger partial charge on any atom is 0.0954 e. The fourth-order valence-corrected chi connectivity index (χ4v) is 2.90. The second-order valence-electron chi connectivity index (χ2n) is 5.64. The van der Waals surface area contributed by atoms with Crippen LogP contribution in [0.5, 0.6) is 0 Å². The quantitative estimate of drug-likeness (QED) is 0.915. The summed E-state index contributed by atoms with van der Waals surface area (Å²) < 4.78 is 2.28. The summed E-state index contributed by atoms with van der Waals surface area (Å²) in [6, 6.07) is 4.38. The Morgan fingerprint density at radius 2 is 2.26 bits per heavy atom. The smallest absolute Gasteiger partial charge is 0.0954 e. The summed E-state index contributed by atoms with van der Waals surface area (Å²) in [7, 11) is 0. The zero-order valence-electron chi connectivity index (χ0n) is 11.5. The highest BCUT2D eigenvalue weighted by molar-refractivity contribution is 5.22. The molecule has 0 amide bonds. The van der Waals surface area contributed by atoms with Crippen LogP contribution in [-0.4, -0.2) is 27.6 Å². The van der Waals surface area contributed by atoms with Crippen molar-refractivity contribution in [3.63, 3.8) is 0 Å². The SMILES string of the molecule is CC(c1cccnc1)n1cncc1C1(C)CCNC1. The fraction of sp³-hybridized carbons (Fsp3) is 0.467. The van der Waals surface area contributed by atoms with E-state index in [2.05, 4.69) is 39.8 Å². The summed E-state index contributed by atoms with van der Waals surface area (Å²) in [4.78, 5) is 8.59. The van der Waals surface area contributed by atoms with Gasteiger partial charge < -0.3 is 9.88 Å². The standard InChI is InChI=1S/C15H20N4/c1-12(13-4-3-6-16-8-13)19-11-18-9-14(19)15(2)5-7-17-10-15/h3-4,6,8-9,11-12,17H,5,7,10H2,1-2H3. The molecule has 1 aliphatic rings. The molecule has 3 heterocycles. The summed E-state index contributed by atoms with van der Waals surface area (Å²) in [6.45, 7) is 6.63. The third kappa shape index (κ3) is 2.16. The summed E-state index contributed by atoms with van der Waals surface area (Å²) in [5, 5.41) is 3.45. The van der Waals surface area contributed by atoms with Crippen LogP contribution in [-0.2, 0) is 5.41 Å². The molecule has 2 unspecified atom stereocenters. The largest absolute Gasteiger partial charge is 0.327 e. The van der Waals surface area contributed by atoms with Crippen LogP contribution in [0.25, 0.3) is 0 Å². The fourth-order valence-electron chi connectivity index (χ4n) is 2.90. The molecule has 1 fully saturated rings. The second kappa shape index (κ2) is 4.78. The van der Waals surface area contributed by atoms with Crippen LogP contribution in [0.4, 0.5) is 0 Å². The van der Waals surface area contributed by atoms with Gasteiger partial charge in [0.05, 0.1) is 12.4 Å². The molecule has 0 spiro atoms. The number of aromatic nitrogens is 3. The molecule has 0 radical (unpaired) electrons. The zero-order valence-corrected chi connectivity index (χ0v) is 11.5. The molecule has 2 aromatic rings. The Morgan fingerprint density at radius 3 is 2.95 bits per heavy atom. The second-order valence-corrected chi connectivity index (χ2v) is 5.64. The van der Waals surface area contributed by atoms with Crippen molar-refractivity contribution in [1.29, 1.82) is 0 Å². The molecule has 2 atom stereocenters. The molecule has 0 saturated carbocycles. The van der Waals surface area contributed by atoms with Crippen molar-refractivity contribution in [2.45, 2.75) is 31.7 Å². The van der Waals surface area contributed by atoms with Gasteiger partial charge >= 0.3 is 0 Å². The molecule has 0 aromatic carbocycles. The lowest BCUT2D eigenvalue weighted by Gasteiger charge is -2.27. The minimum absolute atomic E-state index is 0.187. The molecule has 19 heavy (non-hydrogen) atoms. The van der Waals surface area contributed by atoms with Gasteiger partial charge in [-0.3, -0.25) is 4.98 Å². The van der Waals surface area contributed by atoms with E-state index in [1.807, 2.05) is 31.0 Å². The lowest BCUT2D eigenvalue weighted by Crippen LogP contribution is -2.29. The highest BCUT2D eigenvalue weighted by atomic mass is 15.1. The zero-order chi connectivity index (χ0) is 13.3. The molecular weight excluding hydrogens is 236 g/mol. The monoisotopic (exact) mass is 256 g/mol. The van der Waals surface area contributed by atoms with Crippen molar-refractivity contribution < 1.29 is 0 Å². The molecule has 4 nitrogen and oxygen atoms in total. The van der Waals surface area contributed by atoms with Crippen molar-refractivity contribution in [2.24, 2.45) is 0 Å². The van der Waals surface area contributed by atoms with E-state index in [1.165, 1.54) is 17.7 Å². The van der Waals surface area contributed by atoms with E-state index in [-0.39, 0.29) is 11.5 Å². The molecule has 0 bridgehead atoms. The van der Waals surface area contributed by atoms with Gasteiger partial charge in [0.1, 0.15) is 0 Å². The van der Waals surface area contributed by atoms with Gasteiger partial charge in [-0.15, -0.1) is 0 Å². The van der Waals surface area contributed by atoms with Crippen molar-refractivity contribution in [3.8, 4) is 0 Å². The first-order valence-electron chi connectivity index (χ1n) is 6.84. The Kier molecular flexibility index (Phi) is 3.11. The Bertz CT molecular complexity index is 540. The number of hydrogen-bond donors (Lipinski definition) is 1. The summed E-state index contributed by atoms with van der Waals surface area (Å²) in [5.41, 5.74) is 2.72.